The maximum absolute atomic E-state index is 14.3. The van der Waals surface area contributed by atoms with Gasteiger partial charge in [-0.25, -0.2) is 9.18 Å². The lowest BCUT2D eigenvalue weighted by atomic mass is 10.0. The predicted octanol–water partition coefficient (Wildman–Crippen LogP) is 1.79. The summed E-state index contributed by atoms with van der Waals surface area (Å²) in [6.45, 7) is 3.50. The minimum Gasteiger partial charge on any atom is -0.391 e. The zero-order valence-corrected chi connectivity index (χ0v) is 15.1. The highest BCUT2D eigenvalue weighted by molar-refractivity contribution is 5.91. The van der Waals surface area contributed by atoms with E-state index in [0.717, 1.165) is 36.4 Å². The van der Waals surface area contributed by atoms with Crippen molar-refractivity contribution < 1.29 is 23.8 Å². The number of carbonyl (C=O) groups excluding carboxylic acids is 1. The number of halogens is 1. The second-order valence-corrected chi connectivity index (χ2v) is 6.40. The molecule has 0 bridgehead atoms. The fraction of sp³-hybridized carbons (Fsp3) is 0.706. The van der Waals surface area contributed by atoms with E-state index in [2.05, 4.69) is 17.2 Å². The normalized spacial score (nSPS) is 20.9. The second-order valence-electron chi connectivity index (χ2n) is 6.40. The van der Waals surface area contributed by atoms with Crippen molar-refractivity contribution in [2.24, 2.45) is 5.92 Å². The van der Waals surface area contributed by atoms with Crippen LogP contribution in [-0.2, 0) is 14.3 Å². The average molecular weight is 371 g/mol. The molecular weight excluding hydrogens is 345 g/mol. The quantitative estimate of drug-likeness (QED) is 0.642. The number of ether oxygens (including phenoxy) is 2. The Kier molecular flexibility index (Phi) is 7.67. The molecule has 1 fully saturated rings. The molecule has 0 saturated carbocycles. The van der Waals surface area contributed by atoms with Gasteiger partial charge in [-0.15, -0.1) is 0 Å². The van der Waals surface area contributed by atoms with Crippen molar-refractivity contribution in [3.8, 4) is 0 Å². The van der Waals surface area contributed by atoms with Gasteiger partial charge < -0.3 is 19.9 Å². The van der Waals surface area contributed by atoms with E-state index >= 15 is 0 Å². The molecule has 146 valence electrons. The average Bonchev–Trinajstić information content (AvgIpc) is 3.10. The van der Waals surface area contributed by atoms with Gasteiger partial charge in [0.2, 0.25) is 5.91 Å². The van der Waals surface area contributed by atoms with E-state index in [0.29, 0.717) is 6.42 Å². The van der Waals surface area contributed by atoms with Gasteiger partial charge in [-0.3, -0.25) is 9.36 Å². The van der Waals surface area contributed by atoms with Crippen LogP contribution in [0.3, 0.4) is 0 Å². The first-order chi connectivity index (χ1) is 12.5. The monoisotopic (exact) mass is 371 g/mol. The van der Waals surface area contributed by atoms with E-state index < -0.39 is 29.8 Å². The lowest BCUT2D eigenvalue weighted by molar-refractivity contribution is -0.119. The Balaban J connectivity index is 1.99. The van der Waals surface area contributed by atoms with Crippen molar-refractivity contribution in [1.82, 2.24) is 9.55 Å². The summed E-state index contributed by atoms with van der Waals surface area (Å²) in [7, 11) is 0. The molecule has 2 heterocycles. The Morgan fingerprint density at radius 1 is 1.50 bits per heavy atom. The largest absolute Gasteiger partial charge is 0.391 e. The first kappa shape index (κ1) is 20.5. The first-order valence-electron chi connectivity index (χ1n) is 8.93. The van der Waals surface area contributed by atoms with Crippen molar-refractivity contribution in [2.75, 3.05) is 18.5 Å². The summed E-state index contributed by atoms with van der Waals surface area (Å²) >= 11 is 0. The number of nitrogens with one attached hydrogen (secondary N) is 1. The molecule has 0 radical (unpaired) electrons. The third-order valence-electron chi connectivity index (χ3n) is 4.28. The maximum atomic E-state index is 14.3. The number of nitrogens with zero attached hydrogens (tertiary/aromatic N) is 2. The molecular formula is C17H26FN3O5. The van der Waals surface area contributed by atoms with Crippen LogP contribution in [0.2, 0.25) is 0 Å². The lowest BCUT2D eigenvalue weighted by Crippen LogP contribution is -2.31. The molecule has 2 rings (SSSR count). The summed E-state index contributed by atoms with van der Waals surface area (Å²) < 4.78 is 25.5. The van der Waals surface area contributed by atoms with E-state index in [-0.39, 0.29) is 25.0 Å². The van der Waals surface area contributed by atoms with Crippen molar-refractivity contribution in [2.45, 2.75) is 58.5 Å². The van der Waals surface area contributed by atoms with E-state index in [4.69, 9.17) is 14.6 Å². The summed E-state index contributed by atoms with van der Waals surface area (Å²) in [6, 6.07) is 0. The highest BCUT2D eigenvalue weighted by Gasteiger charge is 2.28. The molecule has 0 aliphatic carbocycles. The molecule has 1 saturated heterocycles. The summed E-state index contributed by atoms with van der Waals surface area (Å²) in [5.41, 5.74) is -0.774. The molecule has 0 aromatic carbocycles. The predicted molar refractivity (Wildman–Crippen MR) is 92.0 cm³/mol. The molecule has 2 N–H and O–H groups in total. The Morgan fingerprint density at radius 2 is 2.27 bits per heavy atom. The molecule has 1 aliphatic rings. The Morgan fingerprint density at radius 3 is 2.92 bits per heavy atom. The SMILES string of the molecule is CCCCCCC(C)C(=O)Nc1nc(=O)n(C2COC(CO)O2)cc1F. The highest BCUT2D eigenvalue weighted by atomic mass is 19.1. The van der Waals surface area contributed by atoms with Gasteiger partial charge in [-0.2, -0.15) is 4.98 Å². The van der Waals surface area contributed by atoms with E-state index in [1.54, 1.807) is 6.92 Å². The van der Waals surface area contributed by atoms with E-state index in [1.165, 1.54) is 0 Å². The zero-order chi connectivity index (χ0) is 19.1. The summed E-state index contributed by atoms with van der Waals surface area (Å²) in [5, 5.41) is 11.3. The molecule has 1 aliphatic heterocycles. The van der Waals surface area contributed by atoms with Crippen LogP contribution in [0.25, 0.3) is 0 Å². The summed E-state index contributed by atoms with van der Waals surface area (Å²) in [6.07, 6.45) is 4.09. The van der Waals surface area contributed by atoms with Crippen molar-refractivity contribution in [3.05, 3.63) is 22.5 Å². The molecule has 8 nitrogen and oxygen atoms in total. The van der Waals surface area contributed by atoms with Gasteiger partial charge in [0.1, 0.15) is 0 Å². The lowest BCUT2D eigenvalue weighted by Gasteiger charge is -2.15. The number of rotatable bonds is 9. The number of aliphatic hydroxyl groups excluding tert-OH is 1. The van der Waals surface area contributed by atoms with Crippen LogP contribution in [0.1, 0.15) is 52.2 Å². The maximum Gasteiger partial charge on any atom is 0.351 e. The fourth-order valence-electron chi connectivity index (χ4n) is 2.67. The fourth-order valence-corrected chi connectivity index (χ4v) is 2.67. The van der Waals surface area contributed by atoms with Crippen LogP contribution in [-0.4, -0.2) is 40.1 Å². The molecule has 3 unspecified atom stereocenters. The number of hydrogen-bond acceptors (Lipinski definition) is 6. The van der Waals surface area contributed by atoms with Crippen LogP contribution in [0.5, 0.6) is 0 Å². The van der Waals surface area contributed by atoms with Gasteiger partial charge in [0.25, 0.3) is 0 Å². The minimum absolute atomic E-state index is 0.00719. The van der Waals surface area contributed by atoms with Crippen LogP contribution in [0.4, 0.5) is 10.2 Å². The van der Waals surface area contributed by atoms with Crippen molar-refractivity contribution in [3.63, 3.8) is 0 Å². The number of hydrogen-bond donors (Lipinski definition) is 2. The smallest absolute Gasteiger partial charge is 0.351 e. The number of anilines is 1. The number of unbranched alkanes of at least 4 members (excludes halogenated alkanes) is 3. The second kappa shape index (κ2) is 9.75. The standard InChI is InChI=1S/C17H26FN3O5/c1-3-4-5-6-7-11(2)16(23)19-15-12(18)8-21(17(24)20-15)13-10-25-14(9-22)26-13/h8,11,13-14,22H,3-7,9-10H2,1-2H3,(H,19,20,23,24). The van der Waals surface area contributed by atoms with Gasteiger partial charge >= 0.3 is 5.69 Å². The van der Waals surface area contributed by atoms with Crippen LogP contribution < -0.4 is 11.0 Å². The third-order valence-corrected chi connectivity index (χ3v) is 4.28. The van der Waals surface area contributed by atoms with Crippen LogP contribution >= 0.6 is 0 Å². The summed E-state index contributed by atoms with van der Waals surface area (Å²) in [5.74, 6) is -1.90. The van der Waals surface area contributed by atoms with Crippen LogP contribution in [0, 0.1) is 11.7 Å². The minimum atomic E-state index is -0.871. The van der Waals surface area contributed by atoms with Gasteiger partial charge in [0, 0.05) is 5.92 Å². The number of aliphatic hydroxyl groups is 1. The van der Waals surface area contributed by atoms with Gasteiger partial charge in [0.15, 0.2) is 24.2 Å². The van der Waals surface area contributed by atoms with E-state index in [1.807, 2.05) is 0 Å². The molecule has 1 aromatic heterocycles. The molecule has 1 amide bonds. The zero-order valence-electron chi connectivity index (χ0n) is 15.1. The molecule has 1 aromatic rings. The molecule has 3 atom stereocenters. The molecule has 9 heteroatoms. The van der Waals surface area contributed by atoms with Gasteiger partial charge in [0.05, 0.1) is 19.4 Å². The summed E-state index contributed by atoms with van der Waals surface area (Å²) in [4.78, 5) is 27.9. The van der Waals surface area contributed by atoms with Crippen LogP contribution in [0.15, 0.2) is 11.0 Å². The van der Waals surface area contributed by atoms with Gasteiger partial charge in [-0.05, 0) is 6.42 Å². The third kappa shape index (κ3) is 5.33. The van der Waals surface area contributed by atoms with E-state index in [9.17, 15) is 14.0 Å². The molecule has 26 heavy (non-hydrogen) atoms. The number of aromatic nitrogens is 2. The number of amides is 1. The topological polar surface area (TPSA) is 103 Å². The Hall–Kier alpha value is -1.84. The highest BCUT2D eigenvalue weighted by Crippen LogP contribution is 2.20. The number of carbonyl (C=O) groups is 1. The van der Waals surface area contributed by atoms with Crippen molar-refractivity contribution in [1.29, 1.82) is 0 Å². The molecule has 0 spiro atoms. The van der Waals surface area contributed by atoms with Crippen molar-refractivity contribution >= 4 is 11.7 Å². The first-order valence-corrected chi connectivity index (χ1v) is 8.93. The van der Waals surface area contributed by atoms with Gasteiger partial charge in [-0.1, -0.05) is 39.5 Å². The Labute approximate surface area is 151 Å². The Bertz CT molecular complexity index is 666.